The van der Waals surface area contributed by atoms with Crippen molar-refractivity contribution >= 4 is 23.5 Å². The summed E-state index contributed by atoms with van der Waals surface area (Å²) in [6.45, 7) is 1.50. The van der Waals surface area contributed by atoms with Crippen molar-refractivity contribution < 1.29 is 27.0 Å². The molecule has 6 nitrogen and oxygen atoms in total. The number of aliphatic hydroxyl groups excluding tert-OH is 1. The van der Waals surface area contributed by atoms with Crippen LogP contribution in [-0.2, 0) is 35.6 Å². The molecule has 17 heavy (non-hydrogen) atoms. The molecule has 1 aromatic heterocycles. The van der Waals surface area contributed by atoms with Crippen LogP contribution in [0.4, 0.5) is 0 Å². The second-order valence-corrected chi connectivity index (χ2v) is 3.48. The fourth-order valence-electron chi connectivity index (χ4n) is 1.08. The quantitative estimate of drug-likeness (QED) is 0.254. The summed E-state index contributed by atoms with van der Waals surface area (Å²) in [6.07, 6.45) is 2.86. The summed E-state index contributed by atoms with van der Waals surface area (Å²) in [6, 6.07) is 0. The molecule has 0 aromatic carbocycles. The Balaban J connectivity index is 0.00000256. The zero-order valence-corrected chi connectivity index (χ0v) is 10.9. The van der Waals surface area contributed by atoms with E-state index in [1.54, 1.807) is 6.92 Å². The predicted octanol–water partition coefficient (Wildman–Crippen LogP) is -0.649. The van der Waals surface area contributed by atoms with Crippen LogP contribution in [0.2, 0.25) is 0 Å². The molecule has 0 fully saturated rings. The third-order valence-electron chi connectivity index (χ3n) is 1.91. The molecule has 0 amide bonds. The standard InChI is InChI=1S/C9H12N4O2S.Co/c1-5-8(15)7(3-12-13-9(10)16)6(4-14)2-11-5;/h2-3,14H,4H2,1H3,(H4,10,11,12,13,15,16);/q;+2/p+1. The van der Waals surface area contributed by atoms with E-state index in [1.807, 2.05) is 0 Å². The Kier molecular flexibility index (Phi) is 6.84. The maximum absolute atomic E-state index is 9.08. The third-order valence-corrected chi connectivity index (χ3v) is 2.00. The Morgan fingerprint density at radius 2 is 2.41 bits per heavy atom. The number of aromatic nitrogens is 1. The first-order valence-corrected chi connectivity index (χ1v) is 4.87. The van der Waals surface area contributed by atoms with Gasteiger partial charge in [-0.3, -0.25) is 10.7 Å². The number of pyridine rings is 1. The molecule has 0 aliphatic heterocycles. The Morgan fingerprint density at radius 3 is 2.94 bits per heavy atom. The van der Waals surface area contributed by atoms with E-state index < -0.39 is 0 Å². The zero-order valence-electron chi connectivity index (χ0n) is 9.01. The number of hydrogen-bond acceptors (Lipinski definition) is 3. The van der Waals surface area contributed by atoms with Gasteiger partial charge in [0.05, 0.1) is 12.2 Å². The molecule has 0 spiro atoms. The van der Waals surface area contributed by atoms with Crippen LogP contribution < -0.4 is 5.73 Å². The third kappa shape index (κ3) is 4.36. The van der Waals surface area contributed by atoms with E-state index in [-0.39, 0.29) is 34.2 Å². The van der Waals surface area contributed by atoms with Crippen molar-refractivity contribution in [2.75, 3.05) is 0 Å². The second-order valence-electron chi connectivity index (χ2n) is 3.02. The van der Waals surface area contributed by atoms with Crippen LogP contribution in [0.25, 0.3) is 5.43 Å². The van der Waals surface area contributed by atoms with Gasteiger partial charge in [0, 0.05) is 18.0 Å². The van der Waals surface area contributed by atoms with Crippen LogP contribution in [0, 0.1) is 6.92 Å². The topological polar surface area (TPSA) is 108 Å². The largest absolute Gasteiger partial charge is 2.00 e. The first-order valence-electron chi connectivity index (χ1n) is 4.42. The van der Waals surface area contributed by atoms with Gasteiger partial charge in [0.15, 0.2) is 17.3 Å². The minimum absolute atomic E-state index is 0. The Morgan fingerprint density at radius 1 is 1.76 bits per heavy atom. The van der Waals surface area contributed by atoms with Gasteiger partial charge in [0.1, 0.15) is 5.69 Å². The first kappa shape index (κ1) is 15.9. The van der Waals surface area contributed by atoms with Crippen molar-refractivity contribution in [2.24, 2.45) is 10.8 Å². The molecular formula is C9H13CoN4O2S+3. The summed E-state index contributed by atoms with van der Waals surface area (Å²) in [7, 11) is 0. The van der Waals surface area contributed by atoms with Gasteiger partial charge in [-0.25, -0.2) is 0 Å². The van der Waals surface area contributed by atoms with Crippen molar-refractivity contribution in [3.05, 3.63) is 28.4 Å². The normalized spacial score (nSPS) is 10.1. The number of hydrogen-bond donors (Lipinski definition) is 2. The van der Waals surface area contributed by atoms with Gasteiger partial charge < -0.3 is 20.7 Å². The number of thiol groups is 1. The van der Waals surface area contributed by atoms with Crippen LogP contribution >= 0.6 is 0 Å². The molecule has 0 aliphatic carbocycles. The summed E-state index contributed by atoms with van der Waals surface area (Å²) in [5.41, 5.74) is 10.3. The smallest absolute Gasteiger partial charge is 0.592 e. The van der Waals surface area contributed by atoms with Crippen molar-refractivity contribution in [1.29, 1.82) is 0 Å². The Labute approximate surface area is 114 Å². The monoisotopic (exact) mass is 300 g/mol. The van der Waals surface area contributed by atoms with Crippen molar-refractivity contribution in [2.45, 2.75) is 13.5 Å². The maximum Gasteiger partial charge on any atom is 2.00 e. The second kappa shape index (κ2) is 7.30. The molecule has 0 atom stereocenters. The molecule has 1 rings (SSSR count). The van der Waals surface area contributed by atoms with Crippen LogP contribution in [0.5, 0.6) is 5.75 Å². The Bertz CT molecular complexity index is 439. The number of nitrogens with zero attached hydrogens (tertiary/aromatic N) is 3. The molecule has 0 aliphatic rings. The molecule has 0 saturated carbocycles. The van der Waals surface area contributed by atoms with Gasteiger partial charge in [0.25, 0.3) is 5.75 Å². The molecular weight excluding hydrogens is 287 g/mol. The van der Waals surface area contributed by atoms with E-state index in [0.717, 1.165) is 0 Å². The fourth-order valence-corrected chi connectivity index (χ4v) is 1.14. The SMILES string of the molecule is Cc1ncc(CO)c(C=N[N-]C(N)=[SH+])c1[OH2+].[Co+2]. The van der Waals surface area contributed by atoms with Crippen LogP contribution in [0.3, 0.4) is 0 Å². The molecule has 0 unspecified atom stereocenters. The molecule has 0 saturated heterocycles. The van der Waals surface area contributed by atoms with Crippen LogP contribution in [-0.4, -0.2) is 26.5 Å². The summed E-state index contributed by atoms with van der Waals surface area (Å²) in [4.78, 5) is 3.97. The molecule has 1 heterocycles. The van der Waals surface area contributed by atoms with Gasteiger partial charge in [-0.05, 0) is 6.92 Å². The average Bonchev–Trinajstić information content (AvgIpc) is 2.24. The molecule has 8 heteroatoms. The molecule has 0 bridgehead atoms. The van der Waals surface area contributed by atoms with E-state index in [1.165, 1.54) is 12.4 Å². The fraction of sp³-hybridized carbons (Fsp3) is 0.222. The van der Waals surface area contributed by atoms with Crippen LogP contribution in [0.1, 0.15) is 16.8 Å². The average molecular weight is 300 g/mol. The van der Waals surface area contributed by atoms with Crippen molar-refractivity contribution in [1.82, 2.24) is 4.98 Å². The predicted molar refractivity (Wildman–Crippen MR) is 66.9 cm³/mol. The summed E-state index contributed by atoms with van der Waals surface area (Å²) in [5.74, 6) is 0.211. The number of rotatable bonds is 3. The number of nitrogens with two attached hydrogens (primary N) is 1. The summed E-state index contributed by atoms with van der Waals surface area (Å²) < 4.78 is 0. The van der Waals surface area contributed by atoms with E-state index >= 15 is 0 Å². The molecule has 5 N–H and O–H groups in total. The first-order chi connectivity index (χ1) is 7.56. The van der Waals surface area contributed by atoms with Gasteiger partial charge in [0.2, 0.25) is 0 Å². The maximum atomic E-state index is 9.08. The molecule has 1 aromatic rings. The van der Waals surface area contributed by atoms with Gasteiger partial charge in [-0.1, -0.05) is 0 Å². The van der Waals surface area contributed by atoms with E-state index in [2.05, 4.69) is 27.7 Å². The number of aliphatic hydroxyl groups is 1. The molecule has 93 valence electrons. The zero-order chi connectivity index (χ0) is 12.1. The van der Waals surface area contributed by atoms with Gasteiger partial charge >= 0.3 is 16.8 Å². The van der Waals surface area contributed by atoms with Crippen molar-refractivity contribution in [3.63, 3.8) is 0 Å². The van der Waals surface area contributed by atoms with Gasteiger partial charge in [-0.2, -0.15) is 0 Å². The minimum atomic E-state index is -0.208. The Hall–Kier alpha value is -1.06. The van der Waals surface area contributed by atoms with E-state index in [4.69, 9.17) is 15.9 Å². The van der Waals surface area contributed by atoms with Crippen LogP contribution in [0.15, 0.2) is 11.3 Å². The summed E-state index contributed by atoms with van der Waals surface area (Å²) in [5, 5.41) is 20.5. The molecule has 1 radical (unpaired) electrons. The minimum Gasteiger partial charge on any atom is -0.592 e. The van der Waals surface area contributed by atoms with E-state index in [9.17, 15) is 0 Å². The summed E-state index contributed by atoms with van der Waals surface area (Å²) >= 11 is 3.74. The van der Waals surface area contributed by atoms with E-state index in [0.29, 0.717) is 16.8 Å². The number of aryl methyl sites for hydroxylation is 1. The van der Waals surface area contributed by atoms with Crippen molar-refractivity contribution in [3.8, 4) is 5.75 Å². The van der Waals surface area contributed by atoms with Gasteiger partial charge in [-0.15, -0.1) is 0 Å².